The van der Waals surface area contributed by atoms with Gasteiger partial charge in [-0.1, -0.05) is 12.2 Å². The molecule has 0 atom stereocenters. The first kappa shape index (κ1) is 12.1. The second kappa shape index (κ2) is 7.71. The molecule has 0 amide bonds. The van der Waals surface area contributed by atoms with Crippen LogP contribution in [-0.4, -0.2) is 11.6 Å². The summed E-state index contributed by atoms with van der Waals surface area (Å²) in [7, 11) is 0. The van der Waals surface area contributed by atoms with Crippen molar-refractivity contribution in [1.82, 2.24) is 0 Å². The van der Waals surface area contributed by atoms with E-state index in [1.54, 1.807) is 0 Å². The van der Waals surface area contributed by atoms with Crippen molar-refractivity contribution in [2.45, 2.75) is 46.0 Å². The first-order chi connectivity index (χ1) is 6.16. The van der Waals surface area contributed by atoms with E-state index in [0.717, 1.165) is 12.8 Å². The molecule has 0 rings (SSSR count). The lowest BCUT2D eigenvalue weighted by atomic mass is 10.1. The minimum Gasteiger partial charge on any atom is -0.300 e. The maximum absolute atomic E-state index is 11.1. The predicted octanol–water partition coefficient (Wildman–Crippen LogP) is 2.67. The van der Waals surface area contributed by atoms with Crippen LogP contribution in [0.25, 0.3) is 0 Å². The van der Waals surface area contributed by atoms with Gasteiger partial charge in [-0.05, 0) is 26.7 Å². The summed E-state index contributed by atoms with van der Waals surface area (Å²) >= 11 is 0. The Labute approximate surface area is 80.0 Å². The predicted molar refractivity (Wildman–Crippen MR) is 53.6 cm³/mol. The number of Topliss-reactive ketones (excluding diaryl/α,β-unsaturated/α-hetero) is 2. The third kappa shape index (κ3) is 8.99. The maximum Gasteiger partial charge on any atom is 0.133 e. The van der Waals surface area contributed by atoms with Crippen LogP contribution in [0.1, 0.15) is 46.0 Å². The molecule has 0 heterocycles. The highest BCUT2D eigenvalue weighted by Gasteiger charge is 2.02. The molecule has 13 heavy (non-hydrogen) atoms. The second-order valence-corrected chi connectivity index (χ2v) is 3.20. The van der Waals surface area contributed by atoms with E-state index in [2.05, 4.69) is 6.08 Å². The summed E-state index contributed by atoms with van der Waals surface area (Å²) < 4.78 is 0. The summed E-state index contributed by atoms with van der Waals surface area (Å²) in [6.45, 7) is 3.49. The standard InChI is InChI=1S/C11H18O2/c1-3-4-5-6-7-11(13)9-8-10(2)12/h3-4H,5-9H2,1-2H3/b4-3+. The fourth-order valence-corrected chi connectivity index (χ4v) is 1.02. The third-order valence-corrected chi connectivity index (χ3v) is 1.82. The van der Waals surface area contributed by atoms with Gasteiger partial charge in [-0.25, -0.2) is 0 Å². The lowest BCUT2D eigenvalue weighted by Gasteiger charge is -1.96. The molecular formula is C11H18O2. The van der Waals surface area contributed by atoms with Gasteiger partial charge in [0.25, 0.3) is 0 Å². The summed E-state index contributed by atoms with van der Waals surface area (Å²) in [5, 5.41) is 0. The summed E-state index contributed by atoms with van der Waals surface area (Å²) in [4.78, 5) is 21.7. The van der Waals surface area contributed by atoms with E-state index in [0.29, 0.717) is 19.3 Å². The van der Waals surface area contributed by atoms with Crippen molar-refractivity contribution in [3.05, 3.63) is 12.2 Å². The molecule has 0 unspecified atom stereocenters. The smallest absolute Gasteiger partial charge is 0.133 e. The number of carbonyl (C=O) groups excluding carboxylic acids is 2. The van der Waals surface area contributed by atoms with E-state index >= 15 is 0 Å². The van der Waals surface area contributed by atoms with Gasteiger partial charge < -0.3 is 4.79 Å². The average molecular weight is 182 g/mol. The topological polar surface area (TPSA) is 34.1 Å². The zero-order chi connectivity index (χ0) is 10.1. The molecule has 0 spiro atoms. The quantitative estimate of drug-likeness (QED) is 0.448. The molecule has 0 saturated heterocycles. The number of carbonyl (C=O) groups is 2. The Hall–Kier alpha value is -0.920. The van der Waals surface area contributed by atoms with E-state index in [-0.39, 0.29) is 11.6 Å². The minimum absolute atomic E-state index is 0.0989. The van der Waals surface area contributed by atoms with Crippen LogP contribution < -0.4 is 0 Å². The van der Waals surface area contributed by atoms with Gasteiger partial charge in [0.2, 0.25) is 0 Å². The van der Waals surface area contributed by atoms with Crippen molar-refractivity contribution >= 4 is 11.6 Å². The van der Waals surface area contributed by atoms with Crippen LogP contribution >= 0.6 is 0 Å². The number of hydrogen-bond acceptors (Lipinski definition) is 2. The summed E-state index contributed by atoms with van der Waals surface area (Å²) in [6, 6.07) is 0. The van der Waals surface area contributed by atoms with Gasteiger partial charge >= 0.3 is 0 Å². The Morgan fingerprint density at radius 1 is 1.15 bits per heavy atom. The third-order valence-electron chi connectivity index (χ3n) is 1.82. The first-order valence-corrected chi connectivity index (χ1v) is 4.79. The van der Waals surface area contributed by atoms with E-state index in [9.17, 15) is 9.59 Å². The molecular weight excluding hydrogens is 164 g/mol. The van der Waals surface area contributed by atoms with Gasteiger partial charge in [0.05, 0.1) is 0 Å². The molecule has 2 nitrogen and oxygen atoms in total. The maximum atomic E-state index is 11.1. The van der Waals surface area contributed by atoms with Crippen molar-refractivity contribution in [3.63, 3.8) is 0 Å². The highest BCUT2D eigenvalue weighted by atomic mass is 16.1. The molecule has 0 saturated carbocycles. The number of hydrogen-bond donors (Lipinski definition) is 0. The molecule has 0 aliphatic heterocycles. The number of unbranched alkanes of at least 4 members (excludes halogenated alkanes) is 1. The lowest BCUT2D eigenvalue weighted by molar-refractivity contribution is -0.123. The van der Waals surface area contributed by atoms with Crippen LogP contribution in [-0.2, 0) is 9.59 Å². The molecule has 0 radical (unpaired) electrons. The van der Waals surface area contributed by atoms with E-state index < -0.39 is 0 Å². The summed E-state index contributed by atoms with van der Waals surface area (Å²) in [5.74, 6) is 0.307. The second-order valence-electron chi connectivity index (χ2n) is 3.20. The van der Waals surface area contributed by atoms with Crippen molar-refractivity contribution in [2.24, 2.45) is 0 Å². The fourth-order valence-electron chi connectivity index (χ4n) is 1.02. The molecule has 74 valence electrons. The van der Waals surface area contributed by atoms with Crippen LogP contribution in [0.2, 0.25) is 0 Å². The Morgan fingerprint density at radius 3 is 2.38 bits per heavy atom. The SMILES string of the molecule is C/C=C/CCCC(=O)CCC(C)=O. The van der Waals surface area contributed by atoms with Crippen LogP contribution in [0, 0.1) is 0 Å². The van der Waals surface area contributed by atoms with E-state index in [1.165, 1.54) is 6.92 Å². The monoisotopic (exact) mass is 182 g/mol. The zero-order valence-electron chi connectivity index (χ0n) is 8.51. The number of allylic oxidation sites excluding steroid dienone is 2. The Balaban J connectivity index is 3.35. The van der Waals surface area contributed by atoms with Gasteiger partial charge in [-0.3, -0.25) is 4.79 Å². The highest BCUT2D eigenvalue weighted by Crippen LogP contribution is 2.02. The van der Waals surface area contributed by atoms with E-state index in [4.69, 9.17) is 0 Å². The fraction of sp³-hybridized carbons (Fsp3) is 0.636. The normalized spacial score (nSPS) is 10.6. The average Bonchev–Trinajstić information content (AvgIpc) is 2.09. The van der Waals surface area contributed by atoms with Gasteiger partial charge in [0.1, 0.15) is 11.6 Å². The molecule has 0 fully saturated rings. The Kier molecular flexibility index (Phi) is 7.17. The van der Waals surface area contributed by atoms with Crippen molar-refractivity contribution in [2.75, 3.05) is 0 Å². The van der Waals surface area contributed by atoms with Crippen LogP contribution in [0.4, 0.5) is 0 Å². The van der Waals surface area contributed by atoms with Gasteiger partial charge in [-0.2, -0.15) is 0 Å². The summed E-state index contributed by atoms with van der Waals surface area (Å²) in [6.07, 6.45) is 7.34. The van der Waals surface area contributed by atoms with Gasteiger partial charge in [0.15, 0.2) is 0 Å². The molecule has 0 aliphatic rings. The first-order valence-electron chi connectivity index (χ1n) is 4.79. The van der Waals surface area contributed by atoms with Crippen LogP contribution in [0.5, 0.6) is 0 Å². The van der Waals surface area contributed by atoms with Gasteiger partial charge in [-0.15, -0.1) is 0 Å². The molecule has 0 N–H and O–H groups in total. The zero-order valence-corrected chi connectivity index (χ0v) is 8.51. The molecule has 0 bridgehead atoms. The summed E-state index contributed by atoms with van der Waals surface area (Å²) in [5.41, 5.74) is 0. The van der Waals surface area contributed by atoms with Crippen LogP contribution in [0.15, 0.2) is 12.2 Å². The van der Waals surface area contributed by atoms with Crippen molar-refractivity contribution in [1.29, 1.82) is 0 Å². The van der Waals surface area contributed by atoms with Crippen molar-refractivity contribution < 1.29 is 9.59 Å². The van der Waals surface area contributed by atoms with Crippen LogP contribution in [0.3, 0.4) is 0 Å². The Bertz CT molecular complexity index is 192. The molecule has 0 aromatic heterocycles. The Morgan fingerprint density at radius 2 is 1.85 bits per heavy atom. The van der Waals surface area contributed by atoms with Crippen molar-refractivity contribution in [3.8, 4) is 0 Å². The largest absolute Gasteiger partial charge is 0.300 e. The molecule has 0 aromatic carbocycles. The molecule has 0 aliphatic carbocycles. The molecule has 2 heteroatoms. The number of rotatable bonds is 7. The minimum atomic E-state index is 0.0989. The molecule has 0 aromatic rings. The lowest BCUT2D eigenvalue weighted by Crippen LogP contribution is -2.00. The van der Waals surface area contributed by atoms with E-state index in [1.807, 2.05) is 13.0 Å². The number of ketones is 2. The highest BCUT2D eigenvalue weighted by molar-refractivity contribution is 5.84. The van der Waals surface area contributed by atoms with Gasteiger partial charge in [0, 0.05) is 19.3 Å².